The molecular formula is C66H38B2N4S2. The van der Waals surface area contributed by atoms with Crippen LogP contribution in [0.1, 0.15) is 0 Å². The van der Waals surface area contributed by atoms with E-state index in [1.54, 1.807) is 0 Å². The summed E-state index contributed by atoms with van der Waals surface area (Å²) in [5, 5.41) is 7.64. The Labute approximate surface area is 435 Å². The number of benzene rings is 11. The standard InChI is InChI=1S/C66H38B2N4S2/c1-2-17-39(18-3-1)69-57-38-61-51(67-48-25-9-15-32-60(48)73-62-35-41(36-63(74-61)65(62)67)71-54-29-12-6-21-44(54)45-22-7-13-30-55(45)71)37-50(57)68-49-26-16-24-47-46-23-8-14-31-56(46)72(66(47)49)59-34-40(33-58(69)64(59)68)70-52-27-10-4-19-42(52)43-20-5-11-28-53(43)70/h1-38H. The molecule has 0 saturated carbocycles. The Morgan fingerprint density at radius 1 is 0.270 bits per heavy atom. The summed E-state index contributed by atoms with van der Waals surface area (Å²) in [7, 11) is 0. The zero-order valence-electron chi connectivity index (χ0n) is 39.7. The van der Waals surface area contributed by atoms with Crippen LogP contribution in [-0.4, -0.2) is 27.1 Å². The van der Waals surface area contributed by atoms with E-state index in [2.05, 4.69) is 249 Å². The van der Waals surface area contributed by atoms with Crippen molar-refractivity contribution >= 4 is 152 Å². The molecule has 0 bridgehead atoms. The Morgan fingerprint density at radius 3 is 1.38 bits per heavy atom. The molecule has 18 rings (SSSR count). The maximum Gasteiger partial charge on any atom is 0.252 e. The van der Waals surface area contributed by atoms with E-state index in [1.165, 1.54) is 141 Å². The zero-order valence-corrected chi connectivity index (χ0v) is 41.3. The summed E-state index contributed by atoms with van der Waals surface area (Å²) in [5.74, 6) is 0. The van der Waals surface area contributed by atoms with Crippen molar-refractivity contribution in [2.45, 2.75) is 19.6 Å². The van der Waals surface area contributed by atoms with Gasteiger partial charge < -0.3 is 18.6 Å². The van der Waals surface area contributed by atoms with Crippen molar-refractivity contribution in [2.24, 2.45) is 0 Å². The Bertz CT molecular complexity index is 4730. The Kier molecular flexibility index (Phi) is 7.87. The van der Waals surface area contributed by atoms with Crippen LogP contribution in [0.4, 0.5) is 17.1 Å². The summed E-state index contributed by atoms with van der Waals surface area (Å²) in [6.45, 7) is 0.0467. The molecule has 74 heavy (non-hydrogen) atoms. The highest BCUT2D eigenvalue weighted by atomic mass is 32.2. The minimum atomic E-state index is -0.0234. The van der Waals surface area contributed by atoms with E-state index in [-0.39, 0.29) is 13.4 Å². The van der Waals surface area contributed by atoms with Crippen LogP contribution in [0.2, 0.25) is 0 Å². The largest absolute Gasteiger partial charge is 0.311 e. The van der Waals surface area contributed by atoms with Gasteiger partial charge in [0.1, 0.15) is 0 Å². The first-order valence-electron chi connectivity index (χ1n) is 25.6. The van der Waals surface area contributed by atoms with Gasteiger partial charge in [-0.2, -0.15) is 0 Å². The van der Waals surface area contributed by atoms with Crippen molar-refractivity contribution in [3.63, 3.8) is 0 Å². The molecule has 0 radical (unpaired) electrons. The number of rotatable bonds is 3. The van der Waals surface area contributed by atoms with Gasteiger partial charge in [-0.05, 0) is 101 Å². The molecule has 0 saturated heterocycles. The SMILES string of the molecule is c1ccc(N2c3cc4c(cc3B3c5c2cc(-n2c6ccccc6c6ccccc62)cc5-n2c5ccccc5c5cccc3c52)B2c3ccccc3Sc3cc(-n5c6ccccc6c6ccccc65)cc(c32)S4)cc1. The van der Waals surface area contributed by atoms with Gasteiger partial charge >= 0.3 is 0 Å². The second-order valence-electron chi connectivity index (χ2n) is 20.3. The Hall–Kier alpha value is -8.55. The summed E-state index contributed by atoms with van der Waals surface area (Å²) < 4.78 is 7.59. The summed E-state index contributed by atoms with van der Waals surface area (Å²) in [5.41, 5.74) is 22.8. The molecule has 0 spiro atoms. The predicted octanol–water partition coefficient (Wildman–Crippen LogP) is 13.0. The third-order valence-electron chi connectivity index (χ3n) is 16.7. The van der Waals surface area contributed by atoms with Crippen molar-refractivity contribution in [1.29, 1.82) is 0 Å². The minimum absolute atomic E-state index is 0.0234. The fraction of sp³-hybridized carbons (Fsp3) is 0. The lowest BCUT2D eigenvalue weighted by atomic mass is 9.31. The molecule has 3 aromatic heterocycles. The highest BCUT2D eigenvalue weighted by molar-refractivity contribution is 8.01. The van der Waals surface area contributed by atoms with Crippen molar-refractivity contribution in [3.8, 4) is 17.1 Å². The number of nitrogens with zero attached hydrogens (tertiary/aromatic N) is 4. The first-order chi connectivity index (χ1) is 36.7. The number of anilines is 3. The molecule has 0 N–H and O–H groups in total. The van der Waals surface area contributed by atoms with Gasteiger partial charge in [-0.1, -0.05) is 186 Å². The van der Waals surface area contributed by atoms with Gasteiger partial charge in [0.2, 0.25) is 6.71 Å². The summed E-state index contributed by atoms with van der Waals surface area (Å²) >= 11 is 3.88. The molecule has 0 atom stereocenters. The lowest BCUT2D eigenvalue weighted by molar-refractivity contribution is 1.13. The van der Waals surface area contributed by atoms with Crippen LogP contribution in [-0.2, 0) is 0 Å². The Morgan fingerprint density at radius 2 is 0.743 bits per heavy atom. The first-order valence-corrected chi connectivity index (χ1v) is 27.2. The lowest BCUT2D eigenvalue weighted by Gasteiger charge is -2.42. The highest BCUT2D eigenvalue weighted by Gasteiger charge is 2.46. The van der Waals surface area contributed by atoms with Crippen molar-refractivity contribution in [3.05, 3.63) is 231 Å². The van der Waals surface area contributed by atoms with Crippen LogP contribution >= 0.6 is 23.5 Å². The van der Waals surface area contributed by atoms with E-state index in [4.69, 9.17) is 0 Å². The molecular weight excluding hydrogens is 935 g/mol. The number of hydrogen-bond acceptors (Lipinski definition) is 3. The van der Waals surface area contributed by atoms with E-state index in [9.17, 15) is 0 Å². The van der Waals surface area contributed by atoms with Gasteiger partial charge in [-0.25, -0.2) is 0 Å². The summed E-state index contributed by atoms with van der Waals surface area (Å²) in [6, 6.07) is 87.2. The Balaban J connectivity index is 0.944. The van der Waals surface area contributed by atoms with Crippen LogP contribution in [0, 0.1) is 0 Å². The molecule has 4 aliphatic heterocycles. The fourth-order valence-electron chi connectivity index (χ4n) is 13.8. The summed E-state index contributed by atoms with van der Waals surface area (Å²) in [4.78, 5) is 7.89. The van der Waals surface area contributed by atoms with Crippen LogP contribution < -0.4 is 37.7 Å². The second kappa shape index (κ2) is 14.6. The second-order valence-corrected chi connectivity index (χ2v) is 22.5. The van der Waals surface area contributed by atoms with E-state index < -0.39 is 0 Å². The zero-order chi connectivity index (χ0) is 47.9. The highest BCUT2D eigenvalue weighted by Crippen LogP contribution is 2.47. The quantitative estimate of drug-likeness (QED) is 0.164. The molecule has 340 valence electrons. The molecule has 4 nitrogen and oxygen atoms in total. The predicted molar refractivity (Wildman–Crippen MR) is 315 cm³/mol. The van der Waals surface area contributed by atoms with Crippen molar-refractivity contribution < 1.29 is 0 Å². The molecule has 4 aliphatic rings. The van der Waals surface area contributed by atoms with E-state index in [0.29, 0.717) is 0 Å². The average molecular weight is 973 g/mol. The molecule has 8 heteroatoms. The number of hydrogen-bond donors (Lipinski definition) is 0. The van der Waals surface area contributed by atoms with Gasteiger partial charge in [0.05, 0.1) is 33.3 Å². The third-order valence-corrected chi connectivity index (χ3v) is 19.0. The monoisotopic (exact) mass is 972 g/mol. The fourth-order valence-corrected chi connectivity index (χ4v) is 16.3. The first kappa shape index (κ1) is 40.0. The van der Waals surface area contributed by atoms with Crippen LogP contribution in [0.5, 0.6) is 0 Å². The van der Waals surface area contributed by atoms with Gasteiger partial charge in [0.15, 0.2) is 0 Å². The molecule has 7 heterocycles. The van der Waals surface area contributed by atoms with Gasteiger partial charge in [0, 0.05) is 85.9 Å². The van der Waals surface area contributed by atoms with Crippen LogP contribution in [0.25, 0.3) is 82.5 Å². The van der Waals surface area contributed by atoms with Gasteiger partial charge in [0.25, 0.3) is 6.71 Å². The number of para-hydroxylation sites is 7. The molecule has 0 amide bonds. The third kappa shape index (κ3) is 5.14. The molecule has 11 aromatic carbocycles. The van der Waals surface area contributed by atoms with E-state index >= 15 is 0 Å². The molecule has 0 aliphatic carbocycles. The normalized spacial score (nSPS) is 13.8. The lowest BCUT2D eigenvalue weighted by Crippen LogP contribution is -2.63. The van der Waals surface area contributed by atoms with Crippen LogP contribution in [0.3, 0.4) is 0 Å². The smallest absolute Gasteiger partial charge is 0.252 e. The van der Waals surface area contributed by atoms with Crippen LogP contribution in [0.15, 0.2) is 250 Å². The van der Waals surface area contributed by atoms with Gasteiger partial charge in [-0.3, -0.25) is 0 Å². The topological polar surface area (TPSA) is 18.0 Å². The number of aromatic nitrogens is 3. The van der Waals surface area contributed by atoms with Crippen molar-refractivity contribution in [1.82, 2.24) is 13.7 Å². The van der Waals surface area contributed by atoms with Crippen molar-refractivity contribution in [2.75, 3.05) is 4.90 Å². The molecule has 0 fully saturated rings. The van der Waals surface area contributed by atoms with E-state index in [0.717, 1.165) is 11.4 Å². The molecule has 14 aromatic rings. The maximum atomic E-state index is 2.65. The van der Waals surface area contributed by atoms with Gasteiger partial charge in [-0.15, -0.1) is 0 Å². The molecule has 0 unspecified atom stereocenters. The maximum absolute atomic E-state index is 2.65. The average Bonchev–Trinajstić information content (AvgIpc) is 4.19. The number of fused-ring (bicyclic) bond motifs is 17. The summed E-state index contributed by atoms with van der Waals surface area (Å²) in [6.07, 6.45) is 0. The van der Waals surface area contributed by atoms with E-state index in [1.807, 2.05) is 23.5 Å². The minimum Gasteiger partial charge on any atom is -0.311 e.